The van der Waals surface area contributed by atoms with E-state index in [-0.39, 0.29) is 60.1 Å². The van der Waals surface area contributed by atoms with E-state index in [4.69, 9.17) is 50.4 Å². The highest BCUT2D eigenvalue weighted by Crippen LogP contribution is 2.56. The van der Waals surface area contributed by atoms with Crippen molar-refractivity contribution in [2.45, 2.75) is 107 Å². The smallest absolute Gasteiger partial charge is 0.408 e. The van der Waals surface area contributed by atoms with Crippen molar-refractivity contribution in [1.29, 1.82) is 0 Å². The summed E-state index contributed by atoms with van der Waals surface area (Å²) < 4.78 is 77.9. The van der Waals surface area contributed by atoms with Crippen molar-refractivity contribution < 1.29 is 65.3 Å². The Labute approximate surface area is 458 Å². The first kappa shape index (κ1) is 56.3. The molecule has 0 radical (unpaired) electrons. The number of hydrogen-bond donors (Lipinski definition) is 2. The Balaban J connectivity index is 0.951. The molecule has 4 aliphatic rings. The average molecular weight is 1160 g/mol. The van der Waals surface area contributed by atoms with E-state index in [1.807, 2.05) is 33.9 Å². The molecule has 24 nitrogen and oxygen atoms in total. The van der Waals surface area contributed by atoms with Crippen molar-refractivity contribution in [3.8, 4) is 0 Å². The Bertz CT molecular complexity index is 3470. The van der Waals surface area contributed by atoms with E-state index in [2.05, 4.69) is 24.8 Å². The molecule has 0 saturated carbocycles. The molecule has 0 spiro atoms. The van der Waals surface area contributed by atoms with Crippen LogP contribution < -0.4 is 10.5 Å². The number of fused-ring (bicyclic) bond motifs is 2. The number of alkyl halides is 1. The van der Waals surface area contributed by atoms with E-state index in [0.717, 1.165) is 4.90 Å². The number of imidazole rings is 1. The number of aliphatic hydroxyl groups is 1. The van der Waals surface area contributed by atoms with Gasteiger partial charge in [0.25, 0.3) is 23.3 Å². The van der Waals surface area contributed by atoms with Crippen LogP contribution in [0.3, 0.4) is 0 Å². The number of aromatic nitrogens is 7. The van der Waals surface area contributed by atoms with Gasteiger partial charge in [-0.2, -0.15) is 0 Å². The van der Waals surface area contributed by atoms with Crippen LogP contribution in [0.2, 0.25) is 18.1 Å². The second kappa shape index (κ2) is 22.5. The number of halogens is 1. The number of carbonyl (C=O) groups is 3. The van der Waals surface area contributed by atoms with Crippen molar-refractivity contribution in [3.05, 3.63) is 124 Å². The SMILES string of the molecule is [C-]#[N+]CCOP(=S)(OC[C@H]1O[C@@H](n2cc3c4c(ncnc42)N(C(=O)c2ccccc2)CCC3)[C@H](F)[C@@H]1O[P+](=O)O)O[C@@H]1[C@H](O[Si](C)(C)C(C)(C)C)[C@@H](CO)O[C@H]1n1cnc2c(=O)n(CCN3C(=O)c4ccccc4C3=O)cnc21. The van der Waals surface area contributed by atoms with E-state index < -0.39 is 108 Å². The van der Waals surface area contributed by atoms with Crippen LogP contribution in [0.4, 0.5) is 10.2 Å². The Morgan fingerprint density at radius 3 is 2.32 bits per heavy atom. The lowest BCUT2D eigenvalue weighted by molar-refractivity contribution is -0.0559. The zero-order valence-electron chi connectivity index (χ0n) is 43.4. The number of aryl methyl sites for hydroxylation is 1. The second-order valence-corrected chi connectivity index (χ2v) is 29.1. The molecule has 0 bridgehead atoms. The van der Waals surface area contributed by atoms with Crippen LogP contribution in [0.15, 0.2) is 84.6 Å². The Kier molecular flexibility index (Phi) is 16.1. The van der Waals surface area contributed by atoms with Gasteiger partial charge in [-0.3, -0.25) is 42.6 Å². The van der Waals surface area contributed by atoms with E-state index in [9.17, 15) is 33.7 Å². The molecule has 79 heavy (non-hydrogen) atoms. The molecule has 6 aromatic rings. The quantitative estimate of drug-likeness (QED) is 0.0308. The molecule has 2 unspecified atom stereocenters. The zero-order chi connectivity index (χ0) is 56.1. The molecule has 4 aromatic heterocycles. The normalized spacial score (nSPS) is 24.3. The summed E-state index contributed by atoms with van der Waals surface area (Å²) in [4.78, 5) is 88.2. The van der Waals surface area contributed by atoms with Crippen LogP contribution >= 0.6 is 15.0 Å². The van der Waals surface area contributed by atoms with Crippen LogP contribution in [0.1, 0.15) is 76.3 Å². The first-order valence-electron chi connectivity index (χ1n) is 25.3. The second-order valence-electron chi connectivity index (χ2n) is 20.7. The highest BCUT2D eigenvalue weighted by Gasteiger charge is 2.56. The van der Waals surface area contributed by atoms with Crippen molar-refractivity contribution in [3.63, 3.8) is 0 Å². The molecule has 416 valence electrons. The first-order chi connectivity index (χ1) is 37.7. The van der Waals surface area contributed by atoms with Gasteiger partial charge in [-0.1, -0.05) is 51.1 Å². The lowest BCUT2D eigenvalue weighted by atomic mass is 10.1. The summed E-state index contributed by atoms with van der Waals surface area (Å²) >= 11 is 6.10. The van der Waals surface area contributed by atoms with Gasteiger partial charge in [0.2, 0.25) is 6.54 Å². The minimum atomic E-state index is -4.23. The number of amides is 3. The number of aliphatic hydroxyl groups excluding tert-OH is 1. The highest BCUT2D eigenvalue weighted by atomic mass is 32.5. The summed E-state index contributed by atoms with van der Waals surface area (Å²) in [6.07, 6.45) is -5.24. The molecule has 8 heterocycles. The average Bonchev–Trinajstić information content (AvgIpc) is 4.34. The summed E-state index contributed by atoms with van der Waals surface area (Å²) in [5, 5.41) is 11.0. The molecular formula is C50H56FN10O14P2SSi+. The highest BCUT2D eigenvalue weighted by molar-refractivity contribution is 8.07. The molecule has 29 heteroatoms. The topological polar surface area (TPSA) is 268 Å². The summed E-state index contributed by atoms with van der Waals surface area (Å²) in [5.74, 6) is -0.936. The maximum Gasteiger partial charge on any atom is 0.695 e. The number of hydrogen-bond acceptors (Lipinski definition) is 18. The Morgan fingerprint density at radius 2 is 1.63 bits per heavy atom. The Morgan fingerprint density at radius 1 is 0.924 bits per heavy atom. The third-order valence-electron chi connectivity index (χ3n) is 14.8. The molecule has 10 atom stereocenters. The van der Waals surface area contributed by atoms with E-state index in [0.29, 0.717) is 41.7 Å². The molecule has 10 rings (SSSR count). The first-order valence-corrected chi connectivity index (χ1v) is 31.9. The third-order valence-corrected chi connectivity index (χ3v) is 22.1. The maximum absolute atomic E-state index is 17.1. The monoisotopic (exact) mass is 1160 g/mol. The summed E-state index contributed by atoms with van der Waals surface area (Å²) in [6.45, 7) is 11.6. The van der Waals surface area contributed by atoms with Gasteiger partial charge in [-0.25, -0.2) is 30.9 Å². The summed E-state index contributed by atoms with van der Waals surface area (Å²) in [6, 6.07) is 15.2. The number of anilines is 1. The van der Waals surface area contributed by atoms with Crippen LogP contribution in [0.25, 0.3) is 27.0 Å². The lowest BCUT2D eigenvalue weighted by Crippen LogP contribution is -2.50. The number of ether oxygens (including phenoxy) is 2. The van der Waals surface area contributed by atoms with Crippen molar-refractivity contribution in [2.24, 2.45) is 0 Å². The zero-order valence-corrected chi connectivity index (χ0v) is 47.0. The number of imide groups is 1. The van der Waals surface area contributed by atoms with Crippen molar-refractivity contribution >= 4 is 80.8 Å². The van der Waals surface area contributed by atoms with Gasteiger partial charge in [0.1, 0.15) is 55.1 Å². The van der Waals surface area contributed by atoms with Gasteiger partial charge < -0.3 is 37.5 Å². The van der Waals surface area contributed by atoms with Gasteiger partial charge in [0, 0.05) is 36.0 Å². The maximum atomic E-state index is 17.1. The van der Waals surface area contributed by atoms with E-state index >= 15 is 4.39 Å². The van der Waals surface area contributed by atoms with Gasteiger partial charge in [0.15, 0.2) is 44.2 Å². The number of carbonyl (C=O) groups excluding carboxylic acids is 3. The number of rotatable bonds is 19. The minimum absolute atomic E-state index is 0.0189. The fraction of sp³-hybridized carbons (Fsp3) is 0.460. The van der Waals surface area contributed by atoms with E-state index in [1.54, 1.807) is 65.7 Å². The number of nitrogens with zero attached hydrogens (tertiary/aromatic N) is 10. The molecule has 0 aliphatic carbocycles. The molecular weight excluding hydrogens is 1110 g/mol. The predicted molar refractivity (Wildman–Crippen MR) is 287 cm³/mol. The van der Waals surface area contributed by atoms with Crippen molar-refractivity contribution in [1.82, 2.24) is 38.5 Å². The van der Waals surface area contributed by atoms with Crippen LogP contribution in [0, 0.1) is 6.57 Å². The van der Waals surface area contributed by atoms with Gasteiger partial charge in [0.05, 0.1) is 36.1 Å². The van der Waals surface area contributed by atoms with Gasteiger partial charge in [-0.05, 0) is 72.6 Å². The van der Waals surface area contributed by atoms with Gasteiger partial charge in [-0.15, -0.1) is 9.42 Å². The lowest BCUT2D eigenvalue weighted by Gasteiger charge is -2.41. The Hall–Kier alpha value is -5.95. The fourth-order valence-electron chi connectivity index (χ4n) is 9.88. The minimum Gasteiger partial charge on any atom is -0.408 e. The molecule has 2 fully saturated rings. The van der Waals surface area contributed by atoms with Crippen molar-refractivity contribution in [2.75, 3.05) is 44.4 Å². The third kappa shape index (κ3) is 10.8. The molecule has 2 N–H and O–H groups in total. The number of benzene rings is 2. The standard InChI is InChI=1S/C50H55FN10O14P2SSi/c1-50(2,3)79(5,6)75-39-33(24-62)71-49(61-28-55-37-43(61)56-27-57(47(37)66)20-21-59-45(64)31-16-10-11-17-32(31)46(59)65)40(39)74-77(78,69-22-18-52-4)70-25-34-38(73-76(67)68)36(51)48(72-34)60-23-30-15-12-19-58(41-35(30)42(60)54-26-53-41)44(63)29-13-8-7-9-14-29/h7-11,13-14,16-17,23,26-28,33-34,36,38-40,48-49,62H,12,15,18-22,24-25H2,1-3,5-6H3/p+1/t33-,34-,36-,38-,39-,40-,48-,49-,77?/m1/s1. The molecule has 2 aromatic carbocycles. The molecule has 3 amide bonds. The predicted octanol–water partition coefficient (Wildman–Crippen LogP) is 6.04. The fourth-order valence-corrected chi connectivity index (χ4v) is 13.7. The molecule has 4 aliphatic heterocycles. The van der Waals surface area contributed by atoms with Crippen LogP contribution in [-0.4, -0.2) is 151 Å². The summed E-state index contributed by atoms with van der Waals surface area (Å²) in [5.41, 5.74) is 1.21. The van der Waals surface area contributed by atoms with Crippen LogP contribution in [-0.2, 0) is 61.3 Å². The molecule has 2 saturated heterocycles. The summed E-state index contributed by atoms with van der Waals surface area (Å²) in [7, 11) is -6.21. The largest absolute Gasteiger partial charge is 0.695 e. The van der Waals surface area contributed by atoms with Gasteiger partial charge >= 0.3 is 15.0 Å². The van der Waals surface area contributed by atoms with Crippen LogP contribution in [0.5, 0.6) is 0 Å². The van der Waals surface area contributed by atoms with E-state index in [1.165, 1.54) is 32.7 Å².